The number of nitrogens with zero attached hydrogens (tertiary/aromatic N) is 2. The van der Waals surface area contributed by atoms with Crippen LogP contribution in [-0.4, -0.2) is 10.1 Å². The highest BCUT2D eigenvalue weighted by atomic mass is 35.5. The Morgan fingerprint density at radius 2 is 1.95 bits per heavy atom. The van der Waals surface area contributed by atoms with Crippen LogP contribution in [0, 0.1) is 5.92 Å². The van der Waals surface area contributed by atoms with Gasteiger partial charge in [0.1, 0.15) is 0 Å². The summed E-state index contributed by atoms with van der Waals surface area (Å²) in [4.78, 5) is 4.43. The molecule has 0 saturated heterocycles. The van der Waals surface area contributed by atoms with Crippen LogP contribution < -0.4 is 5.73 Å². The van der Waals surface area contributed by atoms with Gasteiger partial charge in [0.2, 0.25) is 11.7 Å². The van der Waals surface area contributed by atoms with Gasteiger partial charge in [-0.2, -0.15) is 4.98 Å². The minimum absolute atomic E-state index is 0. The van der Waals surface area contributed by atoms with Gasteiger partial charge < -0.3 is 10.3 Å². The van der Waals surface area contributed by atoms with Crippen LogP contribution in [0.2, 0.25) is 0 Å². The summed E-state index contributed by atoms with van der Waals surface area (Å²) >= 11 is 0. The van der Waals surface area contributed by atoms with E-state index in [1.165, 1.54) is 19.3 Å². The van der Waals surface area contributed by atoms with E-state index in [9.17, 15) is 0 Å². The van der Waals surface area contributed by atoms with Crippen molar-refractivity contribution in [1.82, 2.24) is 10.1 Å². The number of nitrogens with two attached hydrogens (primary N) is 1. The van der Waals surface area contributed by atoms with Gasteiger partial charge in [0, 0.05) is 18.5 Å². The molecule has 4 nitrogen and oxygen atoms in total. The highest BCUT2D eigenvalue weighted by Crippen LogP contribution is 2.33. The van der Waals surface area contributed by atoms with Crippen LogP contribution in [0.1, 0.15) is 30.7 Å². The quantitative estimate of drug-likeness (QED) is 0.914. The third-order valence-electron chi connectivity index (χ3n) is 3.38. The summed E-state index contributed by atoms with van der Waals surface area (Å²) in [5.41, 5.74) is 7.65. The molecular formula is C14H18ClN3O. The molecule has 1 heterocycles. The molecule has 0 spiro atoms. The molecule has 1 aromatic carbocycles. The molecule has 0 aliphatic heterocycles. The molecule has 1 aliphatic rings. The van der Waals surface area contributed by atoms with Crippen LogP contribution in [0.4, 0.5) is 0 Å². The number of hydrogen-bond donors (Lipinski definition) is 1. The summed E-state index contributed by atoms with van der Waals surface area (Å²) in [5, 5.41) is 4.02. The molecule has 19 heavy (non-hydrogen) atoms. The van der Waals surface area contributed by atoms with E-state index in [-0.39, 0.29) is 12.4 Å². The molecule has 1 fully saturated rings. The Hall–Kier alpha value is -1.39. The van der Waals surface area contributed by atoms with E-state index < -0.39 is 0 Å². The Balaban J connectivity index is 0.00000133. The zero-order valence-electron chi connectivity index (χ0n) is 10.7. The molecule has 0 unspecified atom stereocenters. The van der Waals surface area contributed by atoms with Gasteiger partial charge in [-0.15, -0.1) is 12.4 Å². The lowest BCUT2D eigenvalue weighted by Gasteiger charge is -1.97. The van der Waals surface area contributed by atoms with E-state index >= 15 is 0 Å². The monoisotopic (exact) mass is 279 g/mol. The van der Waals surface area contributed by atoms with Gasteiger partial charge in [0.05, 0.1) is 0 Å². The molecule has 102 valence electrons. The maximum atomic E-state index is 5.57. The molecule has 0 amide bonds. The van der Waals surface area contributed by atoms with E-state index in [1.54, 1.807) is 0 Å². The summed E-state index contributed by atoms with van der Waals surface area (Å²) in [6.45, 7) is 0.555. The third-order valence-corrected chi connectivity index (χ3v) is 3.38. The van der Waals surface area contributed by atoms with Gasteiger partial charge in [-0.05, 0) is 17.9 Å². The first-order chi connectivity index (χ1) is 8.85. The SMILES string of the molecule is Cl.NCc1ccc(-c2noc(CCC3CC3)n2)cc1. The van der Waals surface area contributed by atoms with Crippen LogP contribution >= 0.6 is 12.4 Å². The van der Waals surface area contributed by atoms with E-state index in [4.69, 9.17) is 10.3 Å². The van der Waals surface area contributed by atoms with Crippen molar-refractivity contribution in [3.05, 3.63) is 35.7 Å². The van der Waals surface area contributed by atoms with Crippen molar-refractivity contribution < 1.29 is 4.52 Å². The standard InChI is InChI=1S/C14H17N3O.ClH/c15-9-11-3-6-12(7-4-11)14-16-13(18-17-14)8-5-10-1-2-10;/h3-4,6-7,10H,1-2,5,8-9,15H2;1H. The van der Waals surface area contributed by atoms with Crippen molar-refractivity contribution in [3.63, 3.8) is 0 Å². The fourth-order valence-corrected chi connectivity index (χ4v) is 2.00. The number of aryl methyl sites for hydroxylation is 1. The normalized spacial score (nSPS) is 14.2. The highest BCUT2D eigenvalue weighted by Gasteiger charge is 2.22. The molecule has 0 bridgehead atoms. The number of benzene rings is 1. The highest BCUT2D eigenvalue weighted by molar-refractivity contribution is 5.85. The lowest BCUT2D eigenvalue weighted by molar-refractivity contribution is 0.373. The van der Waals surface area contributed by atoms with Crippen LogP contribution in [0.5, 0.6) is 0 Å². The molecule has 1 aromatic heterocycles. The molecule has 0 radical (unpaired) electrons. The second kappa shape index (κ2) is 6.17. The molecule has 2 aromatic rings. The van der Waals surface area contributed by atoms with E-state index in [0.717, 1.165) is 29.4 Å². The molecule has 3 rings (SSSR count). The predicted octanol–water partition coefficient (Wildman–Crippen LogP) is 2.96. The van der Waals surface area contributed by atoms with Gasteiger partial charge in [-0.25, -0.2) is 0 Å². The summed E-state index contributed by atoms with van der Waals surface area (Å²) in [6.07, 6.45) is 4.80. The van der Waals surface area contributed by atoms with Crippen molar-refractivity contribution in [1.29, 1.82) is 0 Å². The molecule has 1 saturated carbocycles. The summed E-state index contributed by atoms with van der Waals surface area (Å²) in [6, 6.07) is 7.96. The van der Waals surface area contributed by atoms with Crippen LogP contribution in [0.15, 0.2) is 28.8 Å². The zero-order valence-corrected chi connectivity index (χ0v) is 11.5. The Labute approximate surface area is 118 Å². The average molecular weight is 280 g/mol. The van der Waals surface area contributed by atoms with Gasteiger partial charge in [0.25, 0.3) is 0 Å². The van der Waals surface area contributed by atoms with Gasteiger partial charge in [-0.1, -0.05) is 42.3 Å². The smallest absolute Gasteiger partial charge is 0.226 e. The van der Waals surface area contributed by atoms with Crippen molar-refractivity contribution in [2.45, 2.75) is 32.2 Å². The van der Waals surface area contributed by atoms with Gasteiger partial charge in [-0.3, -0.25) is 0 Å². The maximum Gasteiger partial charge on any atom is 0.226 e. The Bertz CT molecular complexity index is 520. The minimum Gasteiger partial charge on any atom is -0.339 e. The van der Waals surface area contributed by atoms with Crippen LogP contribution in [0.3, 0.4) is 0 Å². The molecule has 2 N–H and O–H groups in total. The zero-order chi connectivity index (χ0) is 12.4. The first-order valence-corrected chi connectivity index (χ1v) is 6.47. The lowest BCUT2D eigenvalue weighted by Crippen LogP contribution is -1.95. The second-order valence-electron chi connectivity index (χ2n) is 4.89. The molecule has 1 aliphatic carbocycles. The van der Waals surface area contributed by atoms with Crippen LogP contribution in [0.25, 0.3) is 11.4 Å². The Morgan fingerprint density at radius 1 is 1.21 bits per heavy atom. The molecular weight excluding hydrogens is 262 g/mol. The first-order valence-electron chi connectivity index (χ1n) is 6.47. The fourth-order valence-electron chi connectivity index (χ4n) is 2.00. The molecule has 5 heteroatoms. The number of aromatic nitrogens is 2. The number of rotatable bonds is 5. The fraction of sp³-hybridized carbons (Fsp3) is 0.429. The first kappa shape index (κ1) is 14.0. The van der Waals surface area contributed by atoms with Crippen molar-refractivity contribution in [3.8, 4) is 11.4 Å². The second-order valence-corrected chi connectivity index (χ2v) is 4.89. The Morgan fingerprint density at radius 3 is 2.58 bits per heavy atom. The lowest BCUT2D eigenvalue weighted by atomic mass is 10.1. The van der Waals surface area contributed by atoms with Crippen molar-refractivity contribution >= 4 is 12.4 Å². The predicted molar refractivity (Wildman–Crippen MR) is 75.9 cm³/mol. The summed E-state index contributed by atoms with van der Waals surface area (Å²) < 4.78 is 5.27. The maximum absolute atomic E-state index is 5.57. The van der Waals surface area contributed by atoms with Gasteiger partial charge in [0.15, 0.2) is 0 Å². The number of hydrogen-bond acceptors (Lipinski definition) is 4. The topological polar surface area (TPSA) is 64.9 Å². The minimum atomic E-state index is 0. The van der Waals surface area contributed by atoms with Crippen LogP contribution in [-0.2, 0) is 13.0 Å². The van der Waals surface area contributed by atoms with E-state index in [1.807, 2.05) is 24.3 Å². The van der Waals surface area contributed by atoms with E-state index in [2.05, 4.69) is 10.1 Å². The van der Waals surface area contributed by atoms with Crippen molar-refractivity contribution in [2.75, 3.05) is 0 Å². The average Bonchev–Trinajstić information content (AvgIpc) is 3.14. The van der Waals surface area contributed by atoms with Gasteiger partial charge >= 0.3 is 0 Å². The third kappa shape index (κ3) is 3.55. The summed E-state index contributed by atoms with van der Waals surface area (Å²) in [7, 11) is 0. The van der Waals surface area contributed by atoms with Crippen molar-refractivity contribution in [2.24, 2.45) is 11.7 Å². The Kier molecular flexibility index (Phi) is 4.56. The molecule has 0 atom stereocenters. The van der Waals surface area contributed by atoms with E-state index in [0.29, 0.717) is 12.4 Å². The summed E-state index contributed by atoms with van der Waals surface area (Å²) in [5.74, 6) is 2.31. The largest absolute Gasteiger partial charge is 0.339 e. The number of halogens is 1.